The Labute approximate surface area is 162 Å². The molecule has 0 saturated carbocycles. The van der Waals surface area contributed by atoms with Crippen molar-refractivity contribution in [3.63, 3.8) is 0 Å². The van der Waals surface area contributed by atoms with E-state index < -0.39 is 0 Å². The van der Waals surface area contributed by atoms with E-state index in [4.69, 9.17) is 19.3 Å². The summed E-state index contributed by atoms with van der Waals surface area (Å²) >= 11 is 0. The van der Waals surface area contributed by atoms with Gasteiger partial charge in [0.05, 0.1) is 44.1 Å². The van der Waals surface area contributed by atoms with Crippen molar-refractivity contribution >= 4 is 29.4 Å². The lowest BCUT2D eigenvalue weighted by Gasteiger charge is -2.16. The van der Waals surface area contributed by atoms with Crippen LogP contribution in [0.3, 0.4) is 0 Å². The quantitative estimate of drug-likeness (QED) is 0.568. The molecule has 1 unspecified atom stereocenters. The fraction of sp³-hybridized carbons (Fsp3) is 0.333. The molecule has 0 saturated heterocycles. The van der Waals surface area contributed by atoms with Gasteiger partial charge in [-0.15, -0.1) is 0 Å². The SMILES string of the molecule is CNc1cc2nc3c(cnn13)C(C)COCc1cc(c(OC)cn1)N2.NC=O. The number of ether oxygens (including phenoxy) is 2. The van der Waals surface area contributed by atoms with Crippen LogP contribution in [0.2, 0.25) is 0 Å². The average Bonchev–Trinajstić information content (AvgIpc) is 3.11. The highest BCUT2D eigenvalue weighted by Crippen LogP contribution is 2.30. The van der Waals surface area contributed by atoms with Gasteiger partial charge < -0.3 is 25.8 Å². The molecule has 1 atom stereocenters. The molecule has 4 bridgehead atoms. The number of amides is 1. The zero-order valence-electron chi connectivity index (χ0n) is 16.0. The first kappa shape index (κ1) is 19.4. The van der Waals surface area contributed by atoms with E-state index in [9.17, 15) is 0 Å². The Bertz CT molecular complexity index is 973. The number of fused-ring (bicyclic) bond motifs is 3. The third-order valence-electron chi connectivity index (χ3n) is 4.31. The number of nitrogens with one attached hydrogen (secondary N) is 2. The summed E-state index contributed by atoms with van der Waals surface area (Å²) in [7, 11) is 3.48. The number of methoxy groups -OCH3 is 1. The van der Waals surface area contributed by atoms with Gasteiger partial charge in [-0.1, -0.05) is 6.92 Å². The van der Waals surface area contributed by atoms with Crippen molar-refractivity contribution in [2.45, 2.75) is 19.4 Å². The lowest BCUT2D eigenvalue weighted by molar-refractivity contribution is -0.106. The third-order valence-corrected chi connectivity index (χ3v) is 4.31. The van der Waals surface area contributed by atoms with E-state index in [0.29, 0.717) is 24.8 Å². The van der Waals surface area contributed by atoms with E-state index in [2.05, 4.69) is 33.4 Å². The van der Waals surface area contributed by atoms with E-state index in [1.54, 1.807) is 17.8 Å². The van der Waals surface area contributed by atoms with Gasteiger partial charge in [0.15, 0.2) is 11.4 Å². The number of hydrogen-bond donors (Lipinski definition) is 3. The van der Waals surface area contributed by atoms with Gasteiger partial charge in [-0.25, -0.2) is 4.98 Å². The first-order valence-electron chi connectivity index (χ1n) is 8.70. The number of pyridine rings is 1. The molecule has 0 aromatic carbocycles. The van der Waals surface area contributed by atoms with Gasteiger partial charge in [0.2, 0.25) is 6.41 Å². The summed E-state index contributed by atoms with van der Waals surface area (Å²) in [5.74, 6) is 2.37. The average molecular weight is 385 g/mol. The van der Waals surface area contributed by atoms with Crippen molar-refractivity contribution in [1.29, 1.82) is 0 Å². The molecule has 0 spiro atoms. The minimum Gasteiger partial charge on any atom is -0.493 e. The highest BCUT2D eigenvalue weighted by molar-refractivity contribution is 5.69. The molecule has 0 radical (unpaired) electrons. The Morgan fingerprint density at radius 2 is 2.21 bits per heavy atom. The summed E-state index contributed by atoms with van der Waals surface area (Å²) in [5.41, 5.74) is 7.65. The molecule has 3 aromatic heterocycles. The zero-order valence-corrected chi connectivity index (χ0v) is 16.0. The minimum atomic E-state index is 0.169. The van der Waals surface area contributed by atoms with Crippen LogP contribution < -0.4 is 21.1 Å². The molecule has 4 N–H and O–H groups in total. The fourth-order valence-corrected chi connectivity index (χ4v) is 2.96. The molecule has 1 aliphatic heterocycles. The van der Waals surface area contributed by atoms with E-state index in [0.717, 1.165) is 28.4 Å². The van der Waals surface area contributed by atoms with Crippen LogP contribution in [0.5, 0.6) is 5.75 Å². The van der Waals surface area contributed by atoms with Crippen LogP contribution in [0.4, 0.5) is 17.3 Å². The van der Waals surface area contributed by atoms with Crippen LogP contribution in [-0.4, -0.2) is 46.8 Å². The number of primary amides is 1. The van der Waals surface area contributed by atoms with Crippen molar-refractivity contribution in [3.8, 4) is 5.75 Å². The number of carbonyl (C=O) groups excluding carboxylic acids is 1. The monoisotopic (exact) mass is 385 g/mol. The van der Waals surface area contributed by atoms with Crippen LogP contribution in [0.1, 0.15) is 24.1 Å². The highest BCUT2D eigenvalue weighted by atomic mass is 16.5. The molecule has 0 fully saturated rings. The predicted molar refractivity (Wildman–Crippen MR) is 105 cm³/mol. The van der Waals surface area contributed by atoms with E-state index in [-0.39, 0.29) is 12.3 Å². The number of carbonyl (C=O) groups is 1. The number of hydrogen-bond acceptors (Lipinski definition) is 8. The second kappa shape index (κ2) is 8.53. The van der Waals surface area contributed by atoms with Gasteiger partial charge in [0.1, 0.15) is 11.6 Å². The van der Waals surface area contributed by atoms with Crippen molar-refractivity contribution in [2.24, 2.45) is 5.73 Å². The van der Waals surface area contributed by atoms with Gasteiger partial charge in [-0.05, 0) is 6.07 Å². The normalized spacial score (nSPS) is 15.5. The van der Waals surface area contributed by atoms with E-state index in [1.165, 1.54) is 0 Å². The lowest BCUT2D eigenvalue weighted by atomic mass is 10.1. The van der Waals surface area contributed by atoms with Gasteiger partial charge in [0, 0.05) is 24.6 Å². The number of nitrogens with zero attached hydrogens (tertiary/aromatic N) is 4. The molecule has 1 aliphatic rings. The topological polar surface area (TPSA) is 129 Å². The van der Waals surface area contributed by atoms with Gasteiger partial charge >= 0.3 is 0 Å². The van der Waals surface area contributed by atoms with Crippen LogP contribution in [0.25, 0.3) is 5.65 Å². The van der Waals surface area contributed by atoms with Gasteiger partial charge in [-0.3, -0.25) is 9.78 Å². The minimum absolute atomic E-state index is 0.169. The summed E-state index contributed by atoms with van der Waals surface area (Å²) in [6.07, 6.45) is 3.79. The molecule has 28 heavy (non-hydrogen) atoms. The van der Waals surface area contributed by atoms with Crippen molar-refractivity contribution < 1.29 is 14.3 Å². The standard InChI is InChI=1S/C17H20N6O2.CH3NO/c1-10-8-25-9-11-4-13(14(24-3)7-19-11)21-15-5-16(18-2)23-17(22-15)12(10)6-20-23;2-1-3/h4-7,10,18H,8-9H2,1-3H3,(H,21,22);1H,(H2,2,3). The molecule has 3 aromatic rings. The number of nitrogens with two attached hydrogens (primary N) is 1. The Kier molecular flexibility index (Phi) is 5.90. The second-order valence-corrected chi connectivity index (χ2v) is 6.17. The molecule has 148 valence electrons. The van der Waals surface area contributed by atoms with Crippen LogP contribution in [0.15, 0.2) is 24.5 Å². The van der Waals surface area contributed by atoms with E-state index in [1.807, 2.05) is 25.4 Å². The Hall–Kier alpha value is -3.40. The zero-order chi connectivity index (χ0) is 20.1. The molecule has 1 amide bonds. The Morgan fingerprint density at radius 1 is 1.43 bits per heavy atom. The summed E-state index contributed by atoms with van der Waals surface area (Å²) in [6, 6.07) is 3.84. The molecule has 10 nitrogen and oxygen atoms in total. The van der Waals surface area contributed by atoms with Crippen LogP contribution >= 0.6 is 0 Å². The first-order chi connectivity index (χ1) is 13.6. The summed E-state index contributed by atoms with van der Waals surface area (Å²) in [4.78, 5) is 17.7. The predicted octanol–water partition coefficient (Wildman–Crippen LogP) is 1.65. The van der Waals surface area contributed by atoms with Crippen molar-refractivity contribution in [1.82, 2.24) is 19.6 Å². The summed E-state index contributed by atoms with van der Waals surface area (Å²) < 4.78 is 13.1. The molecule has 4 heterocycles. The molecule has 0 aliphatic carbocycles. The van der Waals surface area contributed by atoms with Gasteiger partial charge in [-0.2, -0.15) is 9.61 Å². The number of rotatable bonds is 2. The van der Waals surface area contributed by atoms with Gasteiger partial charge in [0.25, 0.3) is 0 Å². The maximum absolute atomic E-state index is 8.58. The Balaban J connectivity index is 0.000000706. The first-order valence-corrected chi connectivity index (χ1v) is 8.70. The smallest absolute Gasteiger partial charge is 0.204 e. The van der Waals surface area contributed by atoms with Crippen LogP contribution in [0, 0.1) is 0 Å². The second-order valence-electron chi connectivity index (χ2n) is 6.17. The lowest BCUT2D eigenvalue weighted by Crippen LogP contribution is -2.09. The maximum atomic E-state index is 8.58. The largest absolute Gasteiger partial charge is 0.493 e. The fourth-order valence-electron chi connectivity index (χ4n) is 2.96. The molecular weight excluding hydrogens is 362 g/mol. The highest BCUT2D eigenvalue weighted by Gasteiger charge is 2.18. The molecule has 10 heteroatoms. The molecule has 4 rings (SSSR count). The van der Waals surface area contributed by atoms with E-state index >= 15 is 0 Å². The number of aromatic nitrogens is 4. The maximum Gasteiger partial charge on any atom is 0.204 e. The summed E-state index contributed by atoms with van der Waals surface area (Å²) in [6.45, 7) is 3.12. The van der Waals surface area contributed by atoms with Crippen molar-refractivity contribution in [2.75, 3.05) is 31.4 Å². The molecular formula is C18H23N7O3. The Morgan fingerprint density at radius 3 is 2.93 bits per heavy atom. The summed E-state index contributed by atoms with van der Waals surface area (Å²) in [5, 5.41) is 11.0. The third kappa shape index (κ3) is 3.81. The number of anilines is 3. The van der Waals surface area contributed by atoms with Crippen molar-refractivity contribution in [3.05, 3.63) is 35.8 Å². The van der Waals surface area contributed by atoms with Crippen LogP contribution in [-0.2, 0) is 16.1 Å².